The van der Waals surface area contributed by atoms with Gasteiger partial charge >= 0.3 is 5.97 Å². The maximum absolute atomic E-state index is 12.9. The van der Waals surface area contributed by atoms with Gasteiger partial charge < -0.3 is 9.30 Å². The third-order valence-corrected chi connectivity index (χ3v) is 9.14. The topological polar surface area (TPSA) is 98.0 Å². The van der Waals surface area contributed by atoms with Gasteiger partial charge in [-0.1, -0.05) is 18.3 Å². The molecule has 3 aromatic rings. The third-order valence-electron chi connectivity index (χ3n) is 6.19. The second-order valence-corrected chi connectivity index (χ2v) is 11.5. The lowest BCUT2D eigenvalue weighted by atomic mass is 10.0. The molecule has 0 aliphatic carbocycles. The number of thiazole rings is 1. The molecule has 10 heteroatoms. The largest absolute Gasteiger partial charge is 0.462 e. The number of carbonyl (C=O) groups excluding carboxylic acids is 2. The van der Waals surface area contributed by atoms with Crippen LogP contribution in [0.3, 0.4) is 0 Å². The van der Waals surface area contributed by atoms with E-state index in [1.54, 1.807) is 19.1 Å². The van der Waals surface area contributed by atoms with Gasteiger partial charge in [-0.2, -0.15) is 9.30 Å². The van der Waals surface area contributed by atoms with Gasteiger partial charge in [0, 0.05) is 25.2 Å². The molecule has 1 aliphatic heterocycles. The standard InChI is InChI=1S/C25H29N3O5S2/c1-4-28-21-11-8-19(24(30)33-5-2)16-22(21)34-25(28)26-23(29)18-6-9-20(10-7-18)35(31,32)27-14-12-17(3)13-15-27/h6-11,16-17H,4-5,12-15H2,1-3H3. The highest BCUT2D eigenvalue weighted by atomic mass is 32.2. The summed E-state index contributed by atoms with van der Waals surface area (Å²) in [4.78, 5) is 30.0. The van der Waals surface area contributed by atoms with Gasteiger partial charge in [-0.15, -0.1) is 0 Å². The van der Waals surface area contributed by atoms with Gasteiger partial charge in [-0.3, -0.25) is 4.79 Å². The highest BCUT2D eigenvalue weighted by Crippen LogP contribution is 2.24. The number of amides is 1. The number of nitrogens with zero attached hydrogens (tertiary/aromatic N) is 3. The molecule has 2 heterocycles. The van der Waals surface area contributed by atoms with Crippen molar-refractivity contribution < 1.29 is 22.7 Å². The second kappa shape index (κ2) is 10.4. The fourth-order valence-electron chi connectivity index (χ4n) is 4.10. The second-order valence-electron chi connectivity index (χ2n) is 8.56. The van der Waals surface area contributed by atoms with Gasteiger partial charge in [0.15, 0.2) is 4.80 Å². The number of esters is 1. The van der Waals surface area contributed by atoms with Crippen LogP contribution < -0.4 is 4.80 Å². The molecule has 1 saturated heterocycles. The van der Waals surface area contributed by atoms with Gasteiger partial charge in [0.2, 0.25) is 10.0 Å². The molecule has 8 nitrogen and oxygen atoms in total. The summed E-state index contributed by atoms with van der Waals surface area (Å²) in [7, 11) is -3.58. The number of hydrogen-bond acceptors (Lipinski definition) is 6. The van der Waals surface area contributed by atoms with Crippen LogP contribution in [0.5, 0.6) is 0 Å². The number of sulfonamides is 1. The average molecular weight is 516 g/mol. The Bertz CT molecular complexity index is 1410. The molecule has 0 N–H and O–H groups in total. The van der Waals surface area contributed by atoms with Crippen LogP contribution in [0, 0.1) is 5.92 Å². The van der Waals surface area contributed by atoms with Crippen LogP contribution in [0.15, 0.2) is 52.4 Å². The number of fused-ring (bicyclic) bond motifs is 1. The zero-order valence-corrected chi connectivity index (χ0v) is 21.7. The number of aromatic nitrogens is 1. The van der Waals surface area contributed by atoms with Gasteiger partial charge in [0.1, 0.15) is 0 Å². The number of piperidine rings is 1. The van der Waals surface area contributed by atoms with Gasteiger partial charge in [0.25, 0.3) is 5.91 Å². The maximum atomic E-state index is 12.9. The molecular weight excluding hydrogens is 486 g/mol. The molecule has 1 aliphatic rings. The summed E-state index contributed by atoms with van der Waals surface area (Å²) in [6, 6.07) is 11.2. The molecule has 0 saturated carbocycles. The molecule has 0 radical (unpaired) electrons. The third kappa shape index (κ3) is 5.24. The Labute approximate surface area is 208 Å². The first-order chi connectivity index (χ1) is 16.7. The molecule has 4 rings (SSSR count). The predicted molar refractivity (Wildman–Crippen MR) is 135 cm³/mol. The molecule has 0 unspecified atom stereocenters. The number of carbonyl (C=O) groups is 2. The van der Waals surface area contributed by atoms with Crippen molar-refractivity contribution in [1.82, 2.24) is 8.87 Å². The Morgan fingerprint density at radius 3 is 2.34 bits per heavy atom. The van der Waals surface area contributed by atoms with Crippen molar-refractivity contribution in [1.29, 1.82) is 0 Å². The molecule has 0 spiro atoms. The van der Waals surface area contributed by atoms with E-state index in [2.05, 4.69) is 11.9 Å². The first-order valence-corrected chi connectivity index (χ1v) is 14.0. The molecular formula is C25H29N3O5S2. The summed E-state index contributed by atoms with van der Waals surface area (Å²) in [6.07, 6.45) is 1.70. The van der Waals surface area contributed by atoms with E-state index in [4.69, 9.17) is 4.74 Å². The molecule has 1 amide bonds. The van der Waals surface area contributed by atoms with E-state index < -0.39 is 21.9 Å². The van der Waals surface area contributed by atoms with Crippen molar-refractivity contribution in [2.45, 2.75) is 45.1 Å². The number of aryl methyl sites for hydroxylation is 1. The lowest BCUT2D eigenvalue weighted by molar-refractivity contribution is 0.0526. The van der Waals surface area contributed by atoms with Crippen LogP contribution >= 0.6 is 11.3 Å². The van der Waals surface area contributed by atoms with E-state index in [0.717, 1.165) is 23.1 Å². The zero-order chi connectivity index (χ0) is 25.2. The Balaban J connectivity index is 1.61. The van der Waals surface area contributed by atoms with Crippen molar-refractivity contribution >= 4 is 43.5 Å². The zero-order valence-electron chi connectivity index (χ0n) is 20.1. The van der Waals surface area contributed by atoms with E-state index in [-0.39, 0.29) is 4.90 Å². The van der Waals surface area contributed by atoms with Crippen LogP contribution in [0.2, 0.25) is 0 Å². The Kier molecular flexibility index (Phi) is 7.53. The first-order valence-electron chi connectivity index (χ1n) is 11.7. The van der Waals surface area contributed by atoms with E-state index in [1.807, 2.05) is 17.6 Å². The highest BCUT2D eigenvalue weighted by molar-refractivity contribution is 7.89. The lowest BCUT2D eigenvalue weighted by Crippen LogP contribution is -2.37. The smallest absolute Gasteiger partial charge is 0.338 e. The Hall–Kier alpha value is -2.82. The van der Waals surface area contributed by atoms with Crippen LogP contribution in [0.1, 0.15) is 54.3 Å². The maximum Gasteiger partial charge on any atom is 0.338 e. The SMILES string of the molecule is CCOC(=O)c1ccc2c(c1)sc(=NC(=O)c1ccc(S(=O)(=O)N3CCC(C)CC3)cc1)n2CC. The van der Waals surface area contributed by atoms with Crippen molar-refractivity contribution in [3.63, 3.8) is 0 Å². The van der Waals surface area contributed by atoms with Crippen molar-refractivity contribution in [2.75, 3.05) is 19.7 Å². The fraction of sp³-hybridized carbons (Fsp3) is 0.400. The summed E-state index contributed by atoms with van der Waals surface area (Å²) in [5.74, 6) is -0.325. The van der Waals surface area contributed by atoms with Crippen LogP contribution in [0.25, 0.3) is 10.2 Å². The normalized spacial score (nSPS) is 16.0. The fourth-order valence-corrected chi connectivity index (χ4v) is 6.70. The minimum atomic E-state index is -3.58. The van der Waals surface area contributed by atoms with Crippen molar-refractivity contribution in [2.24, 2.45) is 10.9 Å². The summed E-state index contributed by atoms with van der Waals surface area (Å²) in [5.41, 5.74) is 1.62. The molecule has 1 aromatic heterocycles. The van der Waals surface area contributed by atoms with E-state index >= 15 is 0 Å². The Morgan fingerprint density at radius 2 is 1.71 bits per heavy atom. The van der Waals surface area contributed by atoms with Gasteiger partial charge in [-0.05, 0) is 75.1 Å². The average Bonchev–Trinajstić information content (AvgIpc) is 3.20. The van der Waals surface area contributed by atoms with Crippen LogP contribution in [-0.2, 0) is 21.3 Å². The minimum Gasteiger partial charge on any atom is -0.462 e. The number of rotatable bonds is 6. The molecule has 0 atom stereocenters. The van der Waals surface area contributed by atoms with Gasteiger partial charge in [0.05, 0.1) is 27.3 Å². The van der Waals surface area contributed by atoms with E-state index in [1.165, 1.54) is 39.9 Å². The van der Waals surface area contributed by atoms with E-state index in [9.17, 15) is 18.0 Å². The van der Waals surface area contributed by atoms with Crippen LogP contribution in [0.4, 0.5) is 0 Å². The van der Waals surface area contributed by atoms with Crippen molar-refractivity contribution in [3.8, 4) is 0 Å². The van der Waals surface area contributed by atoms with E-state index in [0.29, 0.717) is 48.1 Å². The number of hydrogen-bond donors (Lipinski definition) is 0. The summed E-state index contributed by atoms with van der Waals surface area (Å²) < 4.78 is 35.2. The van der Waals surface area contributed by atoms with Crippen molar-refractivity contribution in [3.05, 3.63) is 58.4 Å². The quantitative estimate of drug-likeness (QED) is 0.461. The minimum absolute atomic E-state index is 0.181. The van der Waals surface area contributed by atoms with Gasteiger partial charge in [-0.25, -0.2) is 13.2 Å². The summed E-state index contributed by atoms with van der Waals surface area (Å²) in [6.45, 7) is 7.76. The first kappa shape index (κ1) is 25.3. The number of benzene rings is 2. The molecule has 1 fully saturated rings. The lowest BCUT2D eigenvalue weighted by Gasteiger charge is -2.29. The number of ether oxygens (including phenoxy) is 1. The molecule has 186 valence electrons. The Morgan fingerprint density at radius 1 is 1.06 bits per heavy atom. The molecule has 2 aromatic carbocycles. The summed E-state index contributed by atoms with van der Waals surface area (Å²) >= 11 is 1.31. The summed E-state index contributed by atoms with van der Waals surface area (Å²) in [5, 5.41) is 0. The molecule has 35 heavy (non-hydrogen) atoms. The molecule has 0 bridgehead atoms. The highest BCUT2D eigenvalue weighted by Gasteiger charge is 2.28. The van der Waals surface area contributed by atoms with Crippen LogP contribution in [-0.4, -0.2) is 48.9 Å². The monoisotopic (exact) mass is 515 g/mol. The predicted octanol–water partition coefficient (Wildman–Crippen LogP) is 4.06.